The molecule has 1 heteroatoms. The Morgan fingerprint density at radius 1 is 1.33 bits per heavy atom. The third-order valence-electron chi connectivity index (χ3n) is 3.42. The normalized spacial score (nSPS) is 17.8. The minimum atomic E-state index is 0.554. The summed E-state index contributed by atoms with van der Waals surface area (Å²) in [5.41, 5.74) is 4.27. The van der Waals surface area contributed by atoms with E-state index in [2.05, 4.69) is 44.4 Å². The van der Waals surface area contributed by atoms with Crippen molar-refractivity contribution < 1.29 is 0 Å². The van der Waals surface area contributed by atoms with Gasteiger partial charge in [-0.2, -0.15) is 0 Å². The highest BCUT2D eigenvalue weighted by atomic mass is 14.9. The molecule has 0 radical (unpaired) electrons. The van der Waals surface area contributed by atoms with Crippen LogP contribution in [0, 0.1) is 19.8 Å². The molecular weight excluding hydrogens is 182 g/mol. The highest BCUT2D eigenvalue weighted by Crippen LogP contribution is 2.38. The lowest BCUT2D eigenvalue weighted by Crippen LogP contribution is -2.18. The molecule has 1 fully saturated rings. The van der Waals surface area contributed by atoms with Crippen molar-refractivity contribution in [1.82, 2.24) is 5.32 Å². The van der Waals surface area contributed by atoms with Gasteiger partial charge in [-0.15, -0.1) is 0 Å². The van der Waals surface area contributed by atoms with E-state index in [9.17, 15) is 0 Å². The van der Waals surface area contributed by atoms with Crippen molar-refractivity contribution in [3.05, 3.63) is 34.9 Å². The van der Waals surface area contributed by atoms with Crippen LogP contribution in [-0.2, 0) is 0 Å². The lowest BCUT2D eigenvalue weighted by atomic mass is 9.95. The molecule has 1 aliphatic carbocycles. The molecule has 82 valence electrons. The first-order valence-electron chi connectivity index (χ1n) is 5.95. The van der Waals surface area contributed by atoms with Gasteiger partial charge in [-0.25, -0.2) is 0 Å². The van der Waals surface area contributed by atoms with E-state index in [0.29, 0.717) is 6.04 Å². The Morgan fingerprint density at radius 3 is 2.60 bits per heavy atom. The minimum absolute atomic E-state index is 0.554. The fourth-order valence-corrected chi connectivity index (χ4v) is 2.30. The summed E-state index contributed by atoms with van der Waals surface area (Å²) in [5, 5.41) is 3.45. The van der Waals surface area contributed by atoms with Crippen molar-refractivity contribution in [3.8, 4) is 0 Å². The Bertz CT molecular complexity index is 339. The molecule has 0 amide bonds. The fraction of sp³-hybridized carbons (Fsp3) is 0.571. The fourth-order valence-electron chi connectivity index (χ4n) is 2.30. The second kappa shape index (κ2) is 4.36. The molecule has 0 saturated heterocycles. The zero-order chi connectivity index (χ0) is 10.8. The molecule has 1 nitrogen and oxygen atoms in total. The van der Waals surface area contributed by atoms with Crippen LogP contribution < -0.4 is 5.32 Å². The number of rotatable bonds is 4. The van der Waals surface area contributed by atoms with Gasteiger partial charge in [-0.1, -0.05) is 36.6 Å². The first kappa shape index (κ1) is 10.7. The van der Waals surface area contributed by atoms with E-state index in [0.717, 1.165) is 5.92 Å². The van der Waals surface area contributed by atoms with Gasteiger partial charge in [0.2, 0.25) is 0 Å². The topological polar surface area (TPSA) is 12.0 Å². The predicted molar refractivity (Wildman–Crippen MR) is 65.1 cm³/mol. The molecular formula is C14H21N. The minimum Gasteiger partial charge on any atom is -0.313 e. The second-order valence-corrected chi connectivity index (χ2v) is 4.88. The Morgan fingerprint density at radius 2 is 2.07 bits per heavy atom. The highest BCUT2D eigenvalue weighted by Gasteiger charge is 2.25. The SMILES string of the molecule is CNC(CC1CC1)c1ccc(C)cc1C. The van der Waals surface area contributed by atoms with Gasteiger partial charge < -0.3 is 5.32 Å². The maximum absolute atomic E-state index is 3.45. The van der Waals surface area contributed by atoms with Crippen molar-refractivity contribution in [2.75, 3.05) is 7.05 Å². The first-order valence-corrected chi connectivity index (χ1v) is 5.95. The standard InChI is InChI=1S/C14H21N/c1-10-4-7-13(11(2)8-10)14(15-3)9-12-5-6-12/h4,7-8,12,14-15H,5-6,9H2,1-3H3. The summed E-state index contributed by atoms with van der Waals surface area (Å²) in [5.74, 6) is 0.975. The van der Waals surface area contributed by atoms with Crippen LogP contribution in [0.5, 0.6) is 0 Å². The van der Waals surface area contributed by atoms with Gasteiger partial charge in [-0.3, -0.25) is 0 Å². The third kappa shape index (κ3) is 2.60. The lowest BCUT2D eigenvalue weighted by molar-refractivity contribution is 0.512. The molecule has 0 spiro atoms. The van der Waals surface area contributed by atoms with E-state index in [-0.39, 0.29) is 0 Å². The number of hydrogen-bond acceptors (Lipinski definition) is 1. The molecule has 0 heterocycles. The van der Waals surface area contributed by atoms with Crippen LogP contribution in [-0.4, -0.2) is 7.05 Å². The second-order valence-electron chi connectivity index (χ2n) is 4.88. The van der Waals surface area contributed by atoms with Crippen LogP contribution in [0.3, 0.4) is 0 Å². The largest absolute Gasteiger partial charge is 0.313 e. The molecule has 1 unspecified atom stereocenters. The lowest BCUT2D eigenvalue weighted by Gasteiger charge is -2.19. The van der Waals surface area contributed by atoms with Crippen LogP contribution in [0.25, 0.3) is 0 Å². The monoisotopic (exact) mass is 203 g/mol. The summed E-state index contributed by atoms with van der Waals surface area (Å²) in [6.45, 7) is 4.38. The van der Waals surface area contributed by atoms with Gasteiger partial charge in [-0.05, 0) is 44.4 Å². The van der Waals surface area contributed by atoms with Crippen LogP contribution in [0.4, 0.5) is 0 Å². The average molecular weight is 203 g/mol. The summed E-state index contributed by atoms with van der Waals surface area (Å²) in [4.78, 5) is 0. The zero-order valence-corrected chi connectivity index (χ0v) is 10.0. The summed E-state index contributed by atoms with van der Waals surface area (Å²) in [6, 6.07) is 7.35. The molecule has 15 heavy (non-hydrogen) atoms. The summed E-state index contributed by atoms with van der Waals surface area (Å²) in [7, 11) is 2.08. The van der Waals surface area contributed by atoms with Gasteiger partial charge in [0.05, 0.1) is 0 Å². The maximum Gasteiger partial charge on any atom is 0.0322 e. The van der Waals surface area contributed by atoms with Crippen LogP contribution >= 0.6 is 0 Å². The van der Waals surface area contributed by atoms with Gasteiger partial charge >= 0.3 is 0 Å². The average Bonchev–Trinajstić information content (AvgIpc) is 2.99. The van der Waals surface area contributed by atoms with Gasteiger partial charge in [0.25, 0.3) is 0 Å². The smallest absolute Gasteiger partial charge is 0.0322 e. The third-order valence-corrected chi connectivity index (χ3v) is 3.42. The van der Waals surface area contributed by atoms with Gasteiger partial charge in [0.15, 0.2) is 0 Å². The predicted octanol–water partition coefficient (Wildman–Crippen LogP) is 3.36. The number of hydrogen-bond donors (Lipinski definition) is 1. The molecule has 2 rings (SSSR count). The van der Waals surface area contributed by atoms with Crippen molar-refractivity contribution in [1.29, 1.82) is 0 Å². The number of nitrogens with one attached hydrogen (secondary N) is 1. The van der Waals surface area contributed by atoms with E-state index in [1.807, 2.05) is 0 Å². The molecule has 0 bridgehead atoms. The van der Waals surface area contributed by atoms with E-state index in [1.165, 1.54) is 36.0 Å². The molecule has 1 saturated carbocycles. The van der Waals surface area contributed by atoms with E-state index < -0.39 is 0 Å². The summed E-state index contributed by atoms with van der Waals surface area (Å²) >= 11 is 0. The van der Waals surface area contributed by atoms with Crippen molar-refractivity contribution in [2.45, 2.75) is 39.2 Å². The van der Waals surface area contributed by atoms with Crippen molar-refractivity contribution in [2.24, 2.45) is 5.92 Å². The highest BCUT2D eigenvalue weighted by molar-refractivity contribution is 5.32. The van der Waals surface area contributed by atoms with Crippen molar-refractivity contribution in [3.63, 3.8) is 0 Å². The van der Waals surface area contributed by atoms with E-state index >= 15 is 0 Å². The first-order chi connectivity index (χ1) is 7.20. The number of benzene rings is 1. The van der Waals surface area contributed by atoms with Crippen molar-refractivity contribution >= 4 is 0 Å². The molecule has 1 aromatic carbocycles. The maximum atomic E-state index is 3.45. The molecule has 1 atom stereocenters. The molecule has 1 aromatic rings. The Labute approximate surface area is 92.9 Å². The Kier molecular flexibility index (Phi) is 3.11. The zero-order valence-electron chi connectivity index (χ0n) is 10.0. The molecule has 1 aliphatic rings. The van der Waals surface area contributed by atoms with Gasteiger partial charge in [0.1, 0.15) is 0 Å². The van der Waals surface area contributed by atoms with Crippen LogP contribution in [0.2, 0.25) is 0 Å². The summed E-state index contributed by atoms with van der Waals surface area (Å²) in [6.07, 6.45) is 4.17. The van der Waals surface area contributed by atoms with E-state index in [1.54, 1.807) is 0 Å². The molecule has 0 aliphatic heterocycles. The van der Waals surface area contributed by atoms with Crippen LogP contribution in [0.1, 0.15) is 42.0 Å². The quantitative estimate of drug-likeness (QED) is 0.791. The molecule has 1 N–H and O–H groups in total. The Hall–Kier alpha value is -0.820. The van der Waals surface area contributed by atoms with E-state index in [4.69, 9.17) is 0 Å². The molecule has 0 aromatic heterocycles. The Balaban J connectivity index is 2.16. The van der Waals surface area contributed by atoms with Crippen LogP contribution in [0.15, 0.2) is 18.2 Å². The summed E-state index contributed by atoms with van der Waals surface area (Å²) < 4.78 is 0. The van der Waals surface area contributed by atoms with Gasteiger partial charge in [0, 0.05) is 6.04 Å². The number of aryl methyl sites for hydroxylation is 2.